The summed E-state index contributed by atoms with van der Waals surface area (Å²) in [7, 11) is 0. The van der Waals surface area contributed by atoms with Crippen LogP contribution in [0.5, 0.6) is 0 Å². The number of Topliss-reactive ketones (excluding diaryl/α,β-unsaturated/α-hetero) is 1. The van der Waals surface area contributed by atoms with Crippen LogP contribution in [0.2, 0.25) is 0 Å². The fourth-order valence-electron chi connectivity index (χ4n) is 2.17. The van der Waals surface area contributed by atoms with Crippen molar-refractivity contribution in [3.05, 3.63) is 71.8 Å². The average Bonchev–Trinajstić information content (AvgIpc) is 2.47. The molecule has 20 heavy (non-hydrogen) atoms. The third-order valence-electron chi connectivity index (χ3n) is 3.13. The predicted octanol–water partition coefficient (Wildman–Crippen LogP) is 3.59. The molecule has 2 rings (SSSR count). The van der Waals surface area contributed by atoms with Gasteiger partial charge in [-0.15, -0.1) is 0 Å². The summed E-state index contributed by atoms with van der Waals surface area (Å²) in [5.74, 6) is -0.00880. The predicted molar refractivity (Wildman–Crippen MR) is 84.9 cm³/mol. The Labute approximate surface area is 123 Å². The van der Waals surface area contributed by atoms with Crippen molar-refractivity contribution in [2.24, 2.45) is 0 Å². The van der Waals surface area contributed by atoms with Gasteiger partial charge in [-0.1, -0.05) is 60.7 Å². The molecule has 0 fully saturated rings. The summed E-state index contributed by atoms with van der Waals surface area (Å²) < 4.78 is 6.02. The molecule has 0 aromatic heterocycles. The lowest BCUT2D eigenvalue weighted by Gasteiger charge is -2.25. The van der Waals surface area contributed by atoms with Crippen molar-refractivity contribution in [1.29, 1.82) is 0 Å². The van der Waals surface area contributed by atoms with Crippen LogP contribution >= 0.6 is 0 Å². The van der Waals surface area contributed by atoms with E-state index in [4.69, 9.17) is 4.18 Å². The molecule has 1 unspecified atom stereocenters. The van der Waals surface area contributed by atoms with Gasteiger partial charge in [0.1, 0.15) is 23.7 Å². The van der Waals surface area contributed by atoms with Crippen LogP contribution in [0.15, 0.2) is 60.7 Å². The van der Waals surface area contributed by atoms with Crippen molar-refractivity contribution in [2.45, 2.75) is 12.5 Å². The molecule has 2 nitrogen and oxygen atoms in total. The third kappa shape index (κ3) is 3.11. The zero-order valence-electron chi connectivity index (χ0n) is 12.0. The van der Waals surface area contributed by atoms with E-state index in [0.29, 0.717) is 5.56 Å². The zero-order chi connectivity index (χ0) is 14.6. The van der Waals surface area contributed by atoms with E-state index in [-0.39, 0.29) is 17.0 Å². The Hall–Kier alpha value is -1.58. The molecule has 0 N–H and O–H groups in total. The molecule has 0 spiro atoms. The van der Waals surface area contributed by atoms with Crippen LogP contribution in [-0.2, 0) is 21.0 Å². The number of carbonyl (C=O) groups excluding carboxylic acids is 1. The van der Waals surface area contributed by atoms with Crippen molar-refractivity contribution in [3.63, 3.8) is 0 Å². The van der Waals surface area contributed by atoms with Crippen LogP contribution in [-0.4, -0.2) is 18.3 Å². The first-order valence-corrected chi connectivity index (χ1v) is 8.43. The Kier molecular flexibility index (Phi) is 4.63. The van der Waals surface area contributed by atoms with Crippen molar-refractivity contribution in [3.8, 4) is 0 Å². The van der Waals surface area contributed by atoms with Gasteiger partial charge in [-0.25, -0.2) is 0 Å². The van der Waals surface area contributed by atoms with Crippen molar-refractivity contribution in [2.75, 3.05) is 12.5 Å². The highest BCUT2D eigenvalue weighted by Gasteiger charge is 2.42. The Balaban J connectivity index is 2.45. The van der Waals surface area contributed by atoms with Crippen LogP contribution in [0, 0.1) is 0 Å². The van der Waals surface area contributed by atoms with Crippen LogP contribution in [0.25, 0.3) is 0 Å². The van der Waals surface area contributed by atoms with Gasteiger partial charge in [0, 0.05) is 5.56 Å². The molecule has 0 saturated heterocycles. The van der Waals surface area contributed by atoms with Crippen LogP contribution < -0.4 is 0 Å². The molecule has 0 amide bonds. The topological polar surface area (TPSA) is 26.3 Å². The Bertz CT molecular complexity index is 566. The van der Waals surface area contributed by atoms with E-state index in [2.05, 4.69) is 0 Å². The van der Waals surface area contributed by atoms with E-state index in [1.54, 1.807) is 0 Å². The summed E-state index contributed by atoms with van der Waals surface area (Å²) in [5, 5.41) is 0. The smallest absolute Gasteiger partial charge is 0.209 e. The summed E-state index contributed by atoms with van der Waals surface area (Å²) in [5.41, 5.74) is 0.606. The van der Waals surface area contributed by atoms with E-state index in [1.807, 2.05) is 80.1 Å². The summed E-state index contributed by atoms with van der Waals surface area (Å²) in [6, 6.07) is 19.0. The van der Waals surface area contributed by atoms with Gasteiger partial charge in [0.05, 0.1) is 0 Å². The molecular weight excluding hydrogens is 268 g/mol. The van der Waals surface area contributed by atoms with Gasteiger partial charge >= 0.3 is 0 Å². The number of ketones is 1. The second-order valence-corrected chi connectivity index (χ2v) is 6.57. The van der Waals surface area contributed by atoms with Gasteiger partial charge in [-0.05, 0) is 12.5 Å². The first-order valence-electron chi connectivity index (χ1n) is 6.46. The molecule has 0 aliphatic carbocycles. The SMILES string of the molecule is C[S+](C)OC(C)(C(=O)c1ccccc1)c1ccccc1. The summed E-state index contributed by atoms with van der Waals surface area (Å²) in [6.45, 7) is 1.85. The van der Waals surface area contributed by atoms with Gasteiger partial charge in [-0.2, -0.15) is 4.18 Å². The normalized spacial score (nSPS) is 14.0. The molecule has 0 aliphatic rings. The van der Waals surface area contributed by atoms with Gasteiger partial charge in [0.25, 0.3) is 0 Å². The minimum Gasteiger partial charge on any atom is -0.290 e. The van der Waals surface area contributed by atoms with Gasteiger partial charge in [0.15, 0.2) is 0 Å². The van der Waals surface area contributed by atoms with Crippen LogP contribution in [0.1, 0.15) is 22.8 Å². The molecule has 0 radical (unpaired) electrons. The summed E-state index contributed by atoms with van der Waals surface area (Å²) >= 11 is -0.301. The molecule has 104 valence electrons. The minimum absolute atomic E-state index is 0.00880. The number of hydrogen-bond acceptors (Lipinski definition) is 2. The average molecular weight is 287 g/mol. The fraction of sp³-hybridized carbons (Fsp3) is 0.235. The Morgan fingerprint density at radius 3 is 1.95 bits per heavy atom. The lowest BCUT2D eigenvalue weighted by molar-refractivity contribution is 0.0574. The lowest BCUT2D eigenvalue weighted by atomic mass is 9.88. The molecule has 0 saturated carbocycles. The van der Waals surface area contributed by atoms with Crippen LogP contribution in [0.4, 0.5) is 0 Å². The number of carbonyl (C=O) groups is 1. The molecule has 1 atom stereocenters. The van der Waals surface area contributed by atoms with Crippen molar-refractivity contribution in [1.82, 2.24) is 0 Å². The maximum Gasteiger partial charge on any atom is 0.209 e. The minimum atomic E-state index is -0.949. The molecular formula is C17H19O2S+. The highest BCUT2D eigenvalue weighted by molar-refractivity contribution is 7.91. The maximum atomic E-state index is 12.9. The summed E-state index contributed by atoms with van der Waals surface area (Å²) in [6.07, 6.45) is 3.94. The van der Waals surface area contributed by atoms with Crippen molar-refractivity contribution >= 4 is 17.0 Å². The highest BCUT2D eigenvalue weighted by atomic mass is 32.2. The number of hydrogen-bond donors (Lipinski definition) is 0. The monoisotopic (exact) mass is 287 g/mol. The number of rotatable bonds is 5. The Morgan fingerprint density at radius 2 is 1.45 bits per heavy atom. The molecule has 0 heterocycles. The van der Waals surface area contributed by atoms with E-state index in [9.17, 15) is 4.79 Å². The quantitative estimate of drug-likeness (QED) is 0.620. The van der Waals surface area contributed by atoms with E-state index in [0.717, 1.165) is 5.56 Å². The number of benzene rings is 2. The van der Waals surface area contributed by atoms with E-state index < -0.39 is 5.60 Å². The molecule has 0 bridgehead atoms. The second-order valence-electron chi connectivity index (χ2n) is 4.92. The van der Waals surface area contributed by atoms with E-state index >= 15 is 0 Å². The van der Waals surface area contributed by atoms with E-state index in [1.165, 1.54) is 0 Å². The zero-order valence-corrected chi connectivity index (χ0v) is 12.8. The third-order valence-corrected chi connectivity index (χ3v) is 3.79. The first-order chi connectivity index (χ1) is 9.54. The van der Waals surface area contributed by atoms with Gasteiger partial charge < -0.3 is 0 Å². The summed E-state index contributed by atoms with van der Waals surface area (Å²) in [4.78, 5) is 12.9. The van der Waals surface area contributed by atoms with Gasteiger partial charge in [-0.3, -0.25) is 4.79 Å². The molecule has 0 aliphatic heterocycles. The molecule has 2 aromatic carbocycles. The van der Waals surface area contributed by atoms with Crippen molar-refractivity contribution < 1.29 is 8.98 Å². The lowest BCUT2D eigenvalue weighted by Crippen LogP contribution is -2.37. The largest absolute Gasteiger partial charge is 0.290 e. The standard InChI is InChI=1S/C17H19O2S/c1-17(19-20(2)3,15-12-8-5-9-13-15)16(18)14-10-6-4-7-11-14/h4-13H,1-3H3/q+1. The highest BCUT2D eigenvalue weighted by Crippen LogP contribution is 2.31. The van der Waals surface area contributed by atoms with Gasteiger partial charge in [0.2, 0.25) is 11.4 Å². The first kappa shape index (κ1) is 14.8. The second kappa shape index (κ2) is 6.25. The molecule has 3 heteroatoms. The molecule has 2 aromatic rings. The Morgan fingerprint density at radius 1 is 0.950 bits per heavy atom. The fourth-order valence-corrected chi connectivity index (χ4v) is 3.01. The maximum absolute atomic E-state index is 12.9. The van der Waals surface area contributed by atoms with Crippen LogP contribution in [0.3, 0.4) is 0 Å².